The van der Waals surface area contributed by atoms with Gasteiger partial charge in [0.05, 0.1) is 9.80 Å². The SMILES string of the molecule is CC[C@@H]1CCc2sc(C(=O)NNC(=O)c3ccc(Cl)cc3[N+](=O)[O-])cc2C1. The maximum absolute atomic E-state index is 12.4. The van der Waals surface area contributed by atoms with Crippen LogP contribution in [-0.2, 0) is 12.8 Å². The molecule has 0 radical (unpaired) electrons. The van der Waals surface area contributed by atoms with E-state index in [0.29, 0.717) is 10.8 Å². The Labute approximate surface area is 164 Å². The van der Waals surface area contributed by atoms with Gasteiger partial charge in [-0.3, -0.25) is 30.6 Å². The first-order valence-electron chi connectivity index (χ1n) is 8.55. The Balaban J connectivity index is 1.67. The number of halogens is 1. The zero-order valence-electron chi connectivity index (χ0n) is 14.6. The Morgan fingerprint density at radius 3 is 2.74 bits per heavy atom. The van der Waals surface area contributed by atoms with Crippen molar-refractivity contribution in [1.82, 2.24) is 10.9 Å². The molecule has 0 spiro atoms. The maximum atomic E-state index is 12.4. The first kappa shape index (κ1) is 19.3. The molecule has 27 heavy (non-hydrogen) atoms. The van der Waals surface area contributed by atoms with Crippen molar-refractivity contribution >= 4 is 40.4 Å². The number of hydrogen-bond donors (Lipinski definition) is 2. The van der Waals surface area contributed by atoms with Crippen molar-refractivity contribution in [2.45, 2.75) is 32.6 Å². The number of hydrogen-bond acceptors (Lipinski definition) is 5. The van der Waals surface area contributed by atoms with Gasteiger partial charge in [0.15, 0.2) is 0 Å². The highest BCUT2D eigenvalue weighted by molar-refractivity contribution is 7.14. The number of rotatable bonds is 4. The van der Waals surface area contributed by atoms with Crippen LogP contribution in [0.5, 0.6) is 0 Å². The first-order chi connectivity index (χ1) is 12.9. The van der Waals surface area contributed by atoms with Crippen LogP contribution in [0.25, 0.3) is 0 Å². The van der Waals surface area contributed by atoms with Gasteiger partial charge in [-0.1, -0.05) is 24.9 Å². The van der Waals surface area contributed by atoms with Crippen molar-refractivity contribution in [3.05, 3.63) is 60.3 Å². The molecule has 142 valence electrons. The minimum absolute atomic E-state index is 0.150. The summed E-state index contributed by atoms with van der Waals surface area (Å²) in [4.78, 5) is 36.7. The monoisotopic (exact) mass is 407 g/mol. The minimum atomic E-state index is -0.779. The van der Waals surface area contributed by atoms with Crippen LogP contribution in [-0.4, -0.2) is 16.7 Å². The second-order valence-electron chi connectivity index (χ2n) is 6.40. The molecule has 1 atom stereocenters. The third-order valence-corrected chi connectivity index (χ3v) is 6.15. The fourth-order valence-corrected chi connectivity index (χ4v) is 4.42. The summed E-state index contributed by atoms with van der Waals surface area (Å²) in [6.45, 7) is 2.17. The largest absolute Gasteiger partial charge is 0.283 e. The number of aryl methyl sites for hydroxylation is 1. The van der Waals surface area contributed by atoms with Gasteiger partial charge in [-0.05, 0) is 48.9 Å². The zero-order chi connectivity index (χ0) is 19.6. The van der Waals surface area contributed by atoms with E-state index in [9.17, 15) is 19.7 Å². The van der Waals surface area contributed by atoms with E-state index in [4.69, 9.17) is 11.6 Å². The number of amides is 2. The Morgan fingerprint density at radius 1 is 1.30 bits per heavy atom. The topological polar surface area (TPSA) is 101 Å². The van der Waals surface area contributed by atoms with Crippen molar-refractivity contribution in [3.8, 4) is 0 Å². The lowest BCUT2D eigenvalue weighted by Crippen LogP contribution is -2.41. The molecule has 1 heterocycles. The average molecular weight is 408 g/mol. The van der Waals surface area contributed by atoms with Gasteiger partial charge < -0.3 is 0 Å². The molecule has 2 N–H and O–H groups in total. The number of nitro benzene ring substituents is 1. The first-order valence-corrected chi connectivity index (χ1v) is 9.74. The van der Waals surface area contributed by atoms with Crippen LogP contribution < -0.4 is 10.9 Å². The van der Waals surface area contributed by atoms with Crippen LogP contribution in [0.15, 0.2) is 24.3 Å². The van der Waals surface area contributed by atoms with Crippen molar-refractivity contribution in [3.63, 3.8) is 0 Å². The number of carbonyl (C=O) groups excluding carboxylic acids is 2. The lowest BCUT2D eigenvalue weighted by Gasteiger charge is -2.19. The molecule has 1 aromatic carbocycles. The van der Waals surface area contributed by atoms with Gasteiger partial charge in [-0.25, -0.2) is 0 Å². The van der Waals surface area contributed by atoms with Gasteiger partial charge in [0.25, 0.3) is 17.5 Å². The second-order valence-corrected chi connectivity index (χ2v) is 7.98. The molecule has 1 aliphatic carbocycles. The number of fused-ring (bicyclic) bond motifs is 1. The summed E-state index contributed by atoms with van der Waals surface area (Å²) in [5, 5.41) is 11.2. The summed E-state index contributed by atoms with van der Waals surface area (Å²) < 4.78 is 0. The van der Waals surface area contributed by atoms with Gasteiger partial charge in [0, 0.05) is 16.0 Å². The average Bonchev–Trinajstić information content (AvgIpc) is 3.08. The van der Waals surface area contributed by atoms with E-state index in [0.717, 1.165) is 31.7 Å². The van der Waals surface area contributed by atoms with Gasteiger partial charge in [0.2, 0.25) is 0 Å². The predicted octanol–water partition coefficient (Wildman–Crippen LogP) is 3.90. The summed E-state index contributed by atoms with van der Waals surface area (Å²) in [6, 6.07) is 5.59. The molecule has 9 heteroatoms. The number of thiophene rings is 1. The Hall–Kier alpha value is -2.45. The van der Waals surface area contributed by atoms with Crippen LogP contribution in [0.2, 0.25) is 5.02 Å². The highest BCUT2D eigenvalue weighted by atomic mass is 35.5. The summed E-state index contributed by atoms with van der Waals surface area (Å²) in [7, 11) is 0. The molecule has 0 aliphatic heterocycles. The predicted molar refractivity (Wildman–Crippen MR) is 103 cm³/mol. The highest BCUT2D eigenvalue weighted by Crippen LogP contribution is 2.33. The Kier molecular flexibility index (Phi) is 5.76. The van der Waals surface area contributed by atoms with Crippen LogP contribution in [0.1, 0.15) is 50.2 Å². The fourth-order valence-electron chi connectivity index (χ4n) is 3.15. The van der Waals surface area contributed by atoms with E-state index in [1.807, 2.05) is 6.07 Å². The standard InChI is InChI=1S/C18H18ClN3O4S/c1-2-10-3-6-15-11(7-10)8-16(27-15)18(24)21-20-17(23)13-5-4-12(19)9-14(13)22(25)26/h4-5,8-10H,2-3,6-7H2,1H3,(H,20,23)(H,21,24)/t10-/m1/s1. The van der Waals surface area contributed by atoms with E-state index in [-0.39, 0.29) is 10.6 Å². The van der Waals surface area contributed by atoms with Gasteiger partial charge in [-0.15, -0.1) is 11.3 Å². The van der Waals surface area contributed by atoms with E-state index in [1.54, 1.807) is 0 Å². The molecule has 0 saturated carbocycles. The zero-order valence-corrected chi connectivity index (χ0v) is 16.2. The smallest absolute Gasteiger partial charge is 0.267 e. The number of hydrazine groups is 1. The molecule has 2 amide bonds. The minimum Gasteiger partial charge on any atom is -0.267 e. The summed E-state index contributed by atoms with van der Waals surface area (Å²) in [5.41, 5.74) is 5.15. The van der Waals surface area contributed by atoms with Crippen LogP contribution >= 0.6 is 22.9 Å². The van der Waals surface area contributed by atoms with Crippen molar-refractivity contribution in [1.29, 1.82) is 0 Å². The molecule has 3 rings (SSSR count). The molecule has 1 aliphatic rings. The van der Waals surface area contributed by atoms with E-state index >= 15 is 0 Å². The van der Waals surface area contributed by atoms with Crippen LogP contribution in [0.3, 0.4) is 0 Å². The number of benzene rings is 1. The molecule has 0 fully saturated rings. The van der Waals surface area contributed by atoms with E-state index < -0.39 is 22.4 Å². The lowest BCUT2D eigenvalue weighted by molar-refractivity contribution is -0.385. The normalized spacial score (nSPS) is 15.7. The van der Waals surface area contributed by atoms with Gasteiger partial charge in [-0.2, -0.15) is 0 Å². The Bertz CT molecular complexity index is 912. The number of nitro groups is 1. The van der Waals surface area contributed by atoms with Crippen molar-refractivity contribution in [2.24, 2.45) is 5.92 Å². The molecule has 0 bridgehead atoms. The lowest BCUT2D eigenvalue weighted by atomic mass is 9.87. The van der Waals surface area contributed by atoms with Crippen molar-refractivity contribution in [2.75, 3.05) is 0 Å². The third kappa shape index (κ3) is 4.28. The molecule has 7 nitrogen and oxygen atoms in total. The van der Waals surface area contributed by atoms with E-state index in [2.05, 4.69) is 17.8 Å². The van der Waals surface area contributed by atoms with E-state index in [1.165, 1.54) is 33.9 Å². The molecule has 1 aromatic heterocycles. The molecule has 0 unspecified atom stereocenters. The summed E-state index contributed by atoms with van der Waals surface area (Å²) in [6.07, 6.45) is 4.18. The van der Waals surface area contributed by atoms with Gasteiger partial charge >= 0.3 is 0 Å². The van der Waals surface area contributed by atoms with Gasteiger partial charge in [0.1, 0.15) is 5.56 Å². The second kappa shape index (κ2) is 8.06. The molecular formula is C18H18ClN3O4S. The number of nitrogens with zero attached hydrogens (tertiary/aromatic N) is 1. The molecule has 2 aromatic rings. The number of nitrogens with one attached hydrogen (secondary N) is 2. The quantitative estimate of drug-likeness (QED) is 0.592. The summed E-state index contributed by atoms with van der Waals surface area (Å²) >= 11 is 7.16. The maximum Gasteiger partial charge on any atom is 0.283 e. The third-order valence-electron chi connectivity index (χ3n) is 4.68. The van der Waals surface area contributed by atoms with Crippen LogP contribution in [0.4, 0.5) is 5.69 Å². The molecule has 0 saturated heterocycles. The number of carbonyl (C=O) groups is 2. The highest BCUT2D eigenvalue weighted by Gasteiger charge is 2.24. The molecular weight excluding hydrogens is 390 g/mol. The Morgan fingerprint density at radius 2 is 2.04 bits per heavy atom. The van der Waals surface area contributed by atoms with Crippen molar-refractivity contribution < 1.29 is 14.5 Å². The van der Waals surface area contributed by atoms with Crippen LogP contribution in [0, 0.1) is 16.0 Å². The summed E-state index contributed by atoms with van der Waals surface area (Å²) in [5.74, 6) is -0.570. The fraction of sp³-hybridized carbons (Fsp3) is 0.333.